The quantitative estimate of drug-likeness (QED) is 0.816. The molecule has 2 atom stereocenters. The van der Waals surface area contributed by atoms with Crippen LogP contribution in [0.15, 0.2) is 24.3 Å². The third-order valence-electron chi connectivity index (χ3n) is 3.00. The second kappa shape index (κ2) is 6.32. The Balaban J connectivity index is 2.14. The lowest BCUT2D eigenvalue weighted by molar-refractivity contribution is -0.145. The molecule has 1 aromatic carbocycles. The molecule has 2 rings (SSSR count). The zero-order valence-corrected chi connectivity index (χ0v) is 10.7. The molecule has 0 aliphatic carbocycles. The summed E-state index contributed by atoms with van der Waals surface area (Å²) in [6.07, 6.45) is -0.652. The summed E-state index contributed by atoms with van der Waals surface area (Å²) in [5.74, 6) is -0.407. The van der Waals surface area contributed by atoms with Crippen LogP contribution in [0, 0.1) is 11.3 Å². The molecule has 0 N–H and O–H groups in total. The van der Waals surface area contributed by atoms with Gasteiger partial charge < -0.3 is 14.2 Å². The number of Topliss-reactive ketones (excluding diaryl/α,β-unsaturated/α-hetero) is 1. The molecule has 2 unspecified atom stereocenters. The summed E-state index contributed by atoms with van der Waals surface area (Å²) in [4.78, 5) is 12.2. The van der Waals surface area contributed by atoms with Gasteiger partial charge in [-0.15, -0.1) is 0 Å². The molecule has 0 bridgehead atoms. The number of carbonyl (C=O) groups is 1. The van der Waals surface area contributed by atoms with Gasteiger partial charge in [0.25, 0.3) is 0 Å². The molecule has 0 amide bonds. The van der Waals surface area contributed by atoms with Crippen molar-refractivity contribution in [1.29, 1.82) is 5.26 Å². The molecule has 1 aliphatic rings. The first-order chi connectivity index (χ1) is 9.26. The Morgan fingerprint density at radius 2 is 2.16 bits per heavy atom. The minimum Gasteiger partial charge on any atom is -0.497 e. The molecular formula is C14H15NO4. The highest BCUT2D eigenvalue weighted by Crippen LogP contribution is 2.22. The smallest absolute Gasteiger partial charge is 0.185 e. The Bertz CT molecular complexity index is 471. The second-order valence-corrected chi connectivity index (χ2v) is 4.17. The van der Waals surface area contributed by atoms with Crippen LogP contribution >= 0.6 is 0 Å². The molecule has 5 nitrogen and oxygen atoms in total. The summed E-state index contributed by atoms with van der Waals surface area (Å²) in [6.45, 7) is 1.09. The highest BCUT2D eigenvalue weighted by Gasteiger charge is 2.30. The lowest BCUT2D eigenvalue weighted by Gasteiger charge is -2.23. The summed E-state index contributed by atoms with van der Waals surface area (Å²) in [5, 5.41) is 9.21. The third-order valence-corrected chi connectivity index (χ3v) is 3.00. The maximum absolute atomic E-state index is 12.2. The number of methoxy groups -OCH3 is 1. The van der Waals surface area contributed by atoms with Crippen molar-refractivity contribution in [3.63, 3.8) is 0 Å². The van der Waals surface area contributed by atoms with Gasteiger partial charge in [-0.3, -0.25) is 4.79 Å². The van der Waals surface area contributed by atoms with Crippen molar-refractivity contribution in [2.75, 3.05) is 26.9 Å². The topological polar surface area (TPSA) is 68.5 Å². The molecule has 5 heteroatoms. The molecule has 100 valence electrons. The maximum Gasteiger partial charge on any atom is 0.185 e. The van der Waals surface area contributed by atoms with Gasteiger partial charge in [0.1, 0.15) is 17.8 Å². The van der Waals surface area contributed by atoms with Crippen LogP contribution in [0.25, 0.3) is 0 Å². The normalized spacial score (nSPS) is 20.3. The van der Waals surface area contributed by atoms with Gasteiger partial charge in [0.15, 0.2) is 5.78 Å². The Hall–Kier alpha value is -1.90. The summed E-state index contributed by atoms with van der Waals surface area (Å²) in [7, 11) is 1.56. The van der Waals surface area contributed by atoms with Gasteiger partial charge in [0, 0.05) is 0 Å². The Morgan fingerprint density at radius 3 is 2.68 bits per heavy atom. The van der Waals surface area contributed by atoms with E-state index in [9.17, 15) is 10.1 Å². The van der Waals surface area contributed by atoms with Gasteiger partial charge in [-0.25, -0.2) is 0 Å². The van der Waals surface area contributed by atoms with Gasteiger partial charge in [-0.1, -0.05) is 12.1 Å². The number of rotatable bonds is 4. The molecule has 0 radical (unpaired) electrons. The number of nitriles is 1. The highest BCUT2D eigenvalue weighted by atomic mass is 16.6. The van der Waals surface area contributed by atoms with Crippen LogP contribution in [0.5, 0.6) is 5.75 Å². The average molecular weight is 261 g/mol. The number of benzene rings is 1. The highest BCUT2D eigenvalue weighted by molar-refractivity contribution is 5.92. The number of hydrogen-bond acceptors (Lipinski definition) is 5. The lowest BCUT2D eigenvalue weighted by Crippen LogP contribution is -2.38. The van der Waals surface area contributed by atoms with Crippen LogP contribution < -0.4 is 4.74 Å². The third kappa shape index (κ3) is 3.11. The van der Waals surface area contributed by atoms with Gasteiger partial charge in [0.05, 0.1) is 33.0 Å². The first kappa shape index (κ1) is 13.5. The fraction of sp³-hybridized carbons (Fsp3) is 0.429. The Kier molecular flexibility index (Phi) is 4.50. The van der Waals surface area contributed by atoms with E-state index < -0.39 is 12.0 Å². The molecule has 0 saturated carbocycles. The number of hydrogen-bond donors (Lipinski definition) is 0. The largest absolute Gasteiger partial charge is 0.497 e. The van der Waals surface area contributed by atoms with Crippen molar-refractivity contribution >= 4 is 5.78 Å². The molecule has 19 heavy (non-hydrogen) atoms. The molecular weight excluding hydrogens is 246 g/mol. The van der Waals surface area contributed by atoms with Crippen LogP contribution in [0.1, 0.15) is 11.5 Å². The monoisotopic (exact) mass is 261 g/mol. The van der Waals surface area contributed by atoms with Crippen LogP contribution in [0.3, 0.4) is 0 Å². The maximum atomic E-state index is 12.2. The van der Waals surface area contributed by atoms with E-state index in [1.165, 1.54) is 0 Å². The van der Waals surface area contributed by atoms with Crippen LogP contribution in [0.4, 0.5) is 0 Å². The van der Waals surface area contributed by atoms with Gasteiger partial charge >= 0.3 is 0 Å². The molecule has 0 aromatic heterocycles. The predicted octanol–water partition coefficient (Wildman–Crippen LogP) is 1.29. The molecule has 1 aliphatic heterocycles. The SMILES string of the molecule is COc1ccc(C(C#N)C(=O)C2COCCO2)cc1. The molecule has 1 heterocycles. The predicted molar refractivity (Wildman–Crippen MR) is 66.9 cm³/mol. The van der Waals surface area contributed by atoms with Crippen molar-refractivity contribution in [3.05, 3.63) is 29.8 Å². The molecule has 1 aromatic rings. The first-order valence-electron chi connectivity index (χ1n) is 6.03. The summed E-state index contributed by atoms with van der Waals surface area (Å²) >= 11 is 0. The number of ketones is 1. The van der Waals surface area contributed by atoms with E-state index >= 15 is 0 Å². The standard InChI is InChI=1S/C14H15NO4/c1-17-11-4-2-10(3-5-11)12(8-15)14(16)13-9-18-6-7-19-13/h2-5,12-13H,6-7,9H2,1H3. The average Bonchev–Trinajstić information content (AvgIpc) is 2.49. The van der Waals surface area contributed by atoms with E-state index in [2.05, 4.69) is 0 Å². The van der Waals surface area contributed by atoms with Crippen molar-refractivity contribution in [1.82, 2.24) is 0 Å². The van der Waals surface area contributed by atoms with Gasteiger partial charge in [-0.05, 0) is 17.7 Å². The van der Waals surface area contributed by atoms with E-state index in [1.54, 1.807) is 31.4 Å². The zero-order valence-electron chi connectivity index (χ0n) is 10.7. The van der Waals surface area contributed by atoms with E-state index in [0.29, 0.717) is 24.5 Å². The van der Waals surface area contributed by atoms with E-state index in [4.69, 9.17) is 14.2 Å². The van der Waals surface area contributed by atoms with E-state index in [0.717, 1.165) is 0 Å². The minimum atomic E-state index is -0.836. The molecule has 0 spiro atoms. The Morgan fingerprint density at radius 1 is 1.42 bits per heavy atom. The Labute approximate surface area is 111 Å². The minimum absolute atomic E-state index is 0.215. The van der Waals surface area contributed by atoms with Crippen molar-refractivity contribution in [3.8, 4) is 11.8 Å². The van der Waals surface area contributed by atoms with Crippen LogP contribution in [-0.4, -0.2) is 38.8 Å². The lowest BCUT2D eigenvalue weighted by atomic mass is 9.93. The number of ether oxygens (including phenoxy) is 3. The van der Waals surface area contributed by atoms with E-state index in [1.807, 2.05) is 6.07 Å². The van der Waals surface area contributed by atoms with Crippen molar-refractivity contribution < 1.29 is 19.0 Å². The first-order valence-corrected chi connectivity index (χ1v) is 6.03. The van der Waals surface area contributed by atoms with Crippen LogP contribution in [-0.2, 0) is 14.3 Å². The van der Waals surface area contributed by atoms with Crippen LogP contribution in [0.2, 0.25) is 0 Å². The number of nitrogens with zero attached hydrogens (tertiary/aromatic N) is 1. The summed E-state index contributed by atoms with van der Waals surface area (Å²) < 4.78 is 15.6. The fourth-order valence-corrected chi connectivity index (χ4v) is 1.94. The summed E-state index contributed by atoms with van der Waals surface area (Å²) in [6, 6.07) is 8.91. The fourth-order valence-electron chi connectivity index (χ4n) is 1.94. The number of carbonyl (C=O) groups excluding carboxylic acids is 1. The summed E-state index contributed by atoms with van der Waals surface area (Å²) in [5.41, 5.74) is 0.641. The van der Waals surface area contributed by atoms with Crippen molar-refractivity contribution in [2.45, 2.75) is 12.0 Å². The van der Waals surface area contributed by atoms with E-state index in [-0.39, 0.29) is 12.4 Å². The second-order valence-electron chi connectivity index (χ2n) is 4.17. The molecule has 1 fully saturated rings. The molecule has 1 saturated heterocycles. The zero-order chi connectivity index (χ0) is 13.7. The van der Waals surface area contributed by atoms with Crippen molar-refractivity contribution in [2.24, 2.45) is 0 Å². The van der Waals surface area contributed by atoms with Gasteiger partial charge in [-0.2, -0.15) is 5.26 Å². The van der Waals surface area contributed by atoms with Gasteiger partial charge in [0.2, 0.25) is 0 Å².